The third-order valence-corrected chi connectivity index (χ3v) is 5.44. The summed E-state index contributed by atoms with van der Waals surface area (Å²) in [6.07, 6.45) is -4.43. The van der Waals surface area contributed by atoms with Crippen molar-refractivity contribution in [1.82, 2.24) is 9.80 Å². The topological polar surface area (TPSA) is 52.7 Å². The summed E-state index contributed by atoms with van der Waals surface area (Å²) in [6, 6.07) is 9.83. The largest absolute Gasteiger partial charge is 0.416 e. The van der Waals surface area contributed by atoms with Gasteiger partial charge in [-0.2, -0.15) is 13.2 Å². The number of nitrogens with zero attached hydrogens (tertiary/aromatic N) is 2. The van der Waals surface area contributed by atoms with Crippen LogP contribution in [0.4, 0.5) is 18.9 Å². The first-order valence-electron chi connectivity index (χ1n) is 9.38. The molecule has 2 aromatic carbocycles. The molecule has 1 aliphatic heterocycles. The summed E-state index contributed by atoms with van der Waals surface area (Å²) >= 11 is 3.39. The van der Waals surface area contributed by atoms with Crippen molar-refractivity contribution in [1.29, 1.82) is 0 Å². The van der Waals surface area contributed by atoms with Gasteiger partial charge in [-0.3, -0.25) is 14.5 Å². The molecule has 9 heteroatoms. The van der Waals surface area contributed by atoms with Crippen LogP contribution < -0.4 is 5.32 Å². The molecule has 1 N–H and O–H groups in total. The summed E-state index contributed by atoms with van der Waals surface area (Å²) in [7, 11) is 0. The van der Waals surface area contributed by atoms with Gasteiger partial charge in [0, 0.05) is 41.9 Å². The second kappa shape index (κ2) is 9.18. The van der Waals surface area contributed by atoms with E-state index in [1.807, 2.05) is 30.0 Å². The zero-order valence-corrected chi connectivity index (χ0v) is 17.9. The Morgan fingerprint density at radius 1 is 1.03 bits per heavy atom. The molecule has 1 fully saturated rings. The fourth-order valence-electron chi connectivity index (χ4n) is 3.25. The van der Waals surface area contributed by atoms with Crippen molar-refractivity contribution >= 4 is 33.4 Å². The SMILES string of the molecule is Cc1cc(Br)ccc1NC(=O)CN1CCN(C(=O)c2ccc(C(F)(F)F)cc2)CC1. The fourth-order valence-corrected chi connectivity index (χ4v) is 3.73. The monoisotopic (exact) mass is 483 g/mol. The van der Waals surface area contributed by atoms with E-state index in [1.54, 1.807) is 4.90 Å². The number of piperazine rings is 1. The van der Waals surface area contributed by atoms with Crippen LogP contribution in [0.2, 0.25) is 0 Å². The first-order valence-corrected chi connectivity index (χ1v) is 10.2. The van der Waals surface area contributed by atoms with Crippen LogP contribution in [-0.4, -0.2) is 54.3 Å². The van der Waals surface area contributed by atoms with Gasteiger partial charge in [0.15, 0.2) is 0 Å². The Morgan fingerprint density at radius 2 is 1.67 bits per heavy atom. The second-order valence-electron chi connectivity index (χ2n) is 7.15. The molecule has 30 heavy (non-hydrogen) atoms. The highest BCUT2D eigenvalue weighted by atomic mass is 79.9. The number of nitrogens with one attached hydrogen (secondary N) is 1. The van der Waals surface area contributed by atoms with Crippen LogP contribution in [0.15, 0.2) is 46.9 Å². The van der Waals surface area contributed by atoms with Crippen LogP contribution in [-0.2, 0) is 11.0 Å². The molecule has 2 aromatic rings. The number of amides is 2. The molecule has 1 heterocycles. The Morgan fingerprint density at radius 3 is 2.23 bits per heavy atom. The van der Waals surface area contributed by atoms with Crippen LogP contribution in [0.1, 0.15) is 21.5 Å². The Kier molecular flexibility index (Phi) is 6.82. The van der Waals surface area contributed by atoms with Crippen molar-refractivity contribution in [2.75, 3.05) is 38.0 Å². The van der Waals surface area contributed by atoms with E-state index in [1.165, 1.54) is 12.1 Å². The molecule has 3 rings (SSSR count). The minimum atomic E-state index is -4.43. The highest BCUT2D eigenvalue weighted by Crippen LogP contribution is 2.29. The number of aryl methyl sites for hydroxylation is 1. The van der Waals surface area contributed by atoms with Gasteiger partial charge in [0.05, 0.1) is 12.1 Å². The van der Waals surface area contributed by atoms with Crippen LogP contribution in [0.25, 0.3) is 0 Å². The van der Waals surface area contributed by atoms with Gasteiger partial charge in [0.25, 0.3) is 5.91 Å². The van der Waals surface area contributed by atoms with Crippen LogP contribution in [0.5, 0.6) is 0 Å². The Hall–Kier alpha value is -2.39. The van der Waals surface area contributed by atoms with E-state index in [-0.39, 0.29) is 23.9 Å². The molecule has 0 radical (unpaired) electrons. The first kappa shape index (κ1) is 22.3. The van der Waals surface area contributed by atoms with Crippen molar-refractivity contribution in [3.05, 3.63) is 63.6 Å². The summed E-state index contributed by atoms with van der Waals surface area (Å²) in [6.45, 7) is 3.96. The van der Waals surface area contributed by atoms with Crippen molar-refractivity contribution in [2.45, 2.75) is 13.1 Å². The van der Waals surface area contributed by atoms with Crippen molar-refractivity contribution in [2.24, 2.45) is 0 Å². The van der Waals surface area contributed by atoms with E-state index in [2.05, 4.69) is 21.2 Å². The lowest BCUT2D eigenvalue weighted by Crippen LogP contribution is -2.50. The normalized spacial score (nSPS) is 15.2. The Labute approximate surface area is 181 Å². The second-order valence-corrected chi connectivity index (χ2v) is 8.07. The van der Waals surface area contributed by atoms with E-state index in [4.69, 9.17) is 0 Å². The highest BCUT2D eigenvalue weighted by molar-refractivity contribution is 9.10. The number of rotatable bonds is 4. The maximum absolute atomic E-state index is 12.7. The van der Waals surface area contributed by atoms with Crippen LogP contribution in [0.3, 0.4) is 0 Å². The Balaban J connectivity index is 1.50. The van der Waals surface area contributed by atoms with Crippen LogP contribution >= 0.6 is 15.9 Å². The van der Waals surface area contributed by atoms with Crippen molar-refractivity contribution in [3.63, 3.8) is 0 Å². The number of carbonyl (C=O) groups is 2. The fraction of sp³-hybridized carbons (Fsp3) is 0.333. The van der Waals surface area contributed by atoms with Gasteiger partial charge < -0.3 is 10.2 Å². The van der Waals surface area contributed by atoms with E-state index < -0.39 is 11.7 Å². The van der Waals surface area contributed by atoms with E-state index >= 15 is 0 Å². The number of hydrogen-bond donors (Lipinski definition) is 1. The van der Waals surface area contributed by atoms with Crippen LogP contribution in [0, 0.1) is 6.92 Å². The van der Waals surface area contributed by atoms with Crippen molar-refractivity contribution < 1.29 is 22.8 Å². The molecule has 0 unspecified atom stereocenters. The van der Waals surface area contributed by atoms with E-state index in [0.29, 0.717) is 26.2 Å². The molecular weight excluding hydrogens is 463 g/mol. The molecule has 1 aliphatic rings. The molecule has 160 valence electrons. The standard InChI is InChI=1S/C21H21BrF3N3O2/c1-14-12-17(22)6-7-18(14)26-19(29)13-27-8-10-28(11-9-27)20(30)15-2-4-16(5-3-15)21(23,24)25/h2-7,12H,8-11,13H2,1H3,(H,26,29). The molecule has 5 nitrogen and oxygen atoms in total. The summed E-state index contributed by atoms with van der Waals surface area (Å²) in [5, 5.41) is 2.89. The number of halogens is 4. The molecule has 0 aromatic heterocycles. The molecule has 0 atom stereocenters. The average molecular weight is 484 g/mol. The average Bonchev–Trinajstić information content (AvgIpc) is 2.69. The lowest BCUT2D eigenvalue weighted by Gasteiger charge is -2.34. The summed E-state index contributed by atoms with van der Waals surface area (Å²) < 4.78 is 38.9. The minimum Gasteiger partial charge on any atom is -0.336 e. The maximum atomic E-state index is 12.7. The lowest BCUT2D eigenvalue weighted by molar-refractivity contribution is -0.137. The zero-order valence-electron chi connectivity index (χ0n) is 16.3. The van der Waals surface area contributed by atoms with E-state index in [0.717, 1.165) is 27.9 Å². The molecule has 1 saturated heterocycles. The smallest absolute Gasteiger partial charge is 0.336 e. The van der Waals surface area contributed by atoms with Gasteiger partial charge >= 0.3 is 6.18 Å². The molecule has 0 bridgehead atoms. The summed E-state index contributed by atoms with van der Waals surface area (Å²) in [5.41, 5.74) is 1.14. The van der Waals surface area contributed by atoms with Gasteiger partial charge in [-0.1, -0.05) is 15.9 Å². The van der Waals surface area contributed by atoms with E-state index in [9.17, 15) is 22.8 Å². The number of alkyl halides is 3. The Bertz CT molecular complexity index is 924. The maximum Gasteiger partial charge on any atom is 0.416 e. The van der Waals surface area contributed by atoms with Gasteiger partial charge in [0.2, 0.25) is 5.91 Å². The quantitative estimate of drug-likeness (QED) is 0.709. The molecule has 2 amide bonds. The van der Waals surface area contributed by atoms with Gasteiger partial charge in [-0.15, -0.1) is 0 Å². The predicted molar refractivity (Wildman–Crippen MR) is 111 cm³/mol. The first-order chi connectivity index (χ1) is 14.1. The number of benzene rings is 2. The number of anilines is 1. The third-order valence-electron chi connectivity index (χ3n) is 4.95. The molecule has 0 saturated carbocycles. The summed E-state index contributed by atoms with van der Waals surface area (Å²) in [5.74, 6) is -0.443. The zero-order chi connectivity index (χ0) is 21.9. The van der Waals surface area contributed by atoms with Gasteiger partial charge in [-0.05, 0) is 55.0 Å². The lowest BCUT2D eigenvalue weighted by atomic mass is 10.1. The van der Waals surface area contributed by atoms with Crippen molar-refractivity contribution in [3.8, 4) is 0 Å². The number of carbonyl (C=O) groups excluding carboxylic acids is 2. The predicted octanol–water partition coefficient (Wildman–Crippen LogP) is 4.17. The minimum absolute atomic E-state index is 0.136. The third kappa shape index (κ3) is 5.60. The molecule has 0 aliphatic carbocycles. The van der Waals surface area contributed by atoms with Gasteiger partial charge in [0.1, 0.15) is 0 Å². The van der Waals surface area contributed by atoms with Gasteiger partial charge in [-0.25, -0.2) is 0 Å². The summed E-state index contributed by atoms with van der Waals surface area (Å²) in [4.78, 5) is 28.4. The highest BCUT2D eigenvalue weighted by Gasteiger charge is 2.30. The molecule has 0 spiro atoms. The molecular formula is C21H21BrF3N3O2. The number of hydrogen-bond acceptors (Lipinski definition) is 3.